The highest BCUT2D eigenvalue weighted by Gasteiger charge is 2.15. The highest BCUT2D eigenvalue weighted by Crippen LogP contribution is 2.18. The van der Waals surface area contributed by atoms with Gasteiger partial charge in [0.15, 0.2) is 5.82 Å². The summed E-state index contributed by atoms with van der Waals surface area (Å²) in [4.78, 5) is 30.3. The van der Waals surface area contributed by atoms with Gasteiger partial charge in [-0.1, -0.05) is 6.07 Å². The van der Waals surface area contributed by atoms with Gasteiger partial charge in [0.05, 0.1) is 11.1 Å². The predicted molar refractivity (Wildman–Crippen MR) is 79.0 cm³/mol. The maximum absolute atomic E-state index is 12.9. The SMILES string of the molecule is NC(=O)c1nc2c(C(=O)Nc3ccc(F)cc3)cccc2[nH]1. The third-order valence-corrected chi connectivity index (χ3v) is 3.09. The van der Waals surface area contributed by atoms with Gasteiger partial charge in [-0.15, -0.1) is 0 Å². The van der Waals surface area contributed by atoms with Gasteiger partial charge in [0, 0.05) is 5.69 Å². The fraction of sp³-hybridized carbons (Fsp3) is 0. The summed E-state index contributed by atoms with van der Waals surface area (Å²) in [6.45, 7) is 0. The number of hydrogen-bond donors (Lipinski definition) is 3. The molecule has 0 saturated carbocycles. The molecule has 0 unspecified atom stereocenters. The quantitative estimate of drug-likeness (QED) is 0.689. The first-order chi connectivity index (χ1) is 10.5. The summed E-state index contributed by atoms with van der Waals surface area (Å²) in [5, 5.41) is 2.64. The number of primary amides is 1. The molecule has 4 N–H and O–H groups in total. The van der Waals surface area contributed by atoms with E-state index >= 15 is 0 Å². The lowest BCUT2D eigenvalue weighted by molar-refractivity contribution is 0.0989. The minimum Gasteiger partial charge on any atom is -0.363 e. The molecular weight excluding hydrogens is 287 g/mol. The van der Waals surface area contributed by atoms with E-state index in [-0.39, 0.29) is 11.4 Å². The number of H-pyrrole nitrogens is 1. The molecule has 0 aliphatic rings. The summed E-state index contributed by atoms with van der Waals surface area (Å²) in [6, 6.07) is 10.3. The summed E-state index contributed by atoms with van der Waals surface area (Å²) in [5.41, 5.74) is 6.78. The van der Waals surface area contributed by atoms with Crippen LogP contribution in [-0.2, 0) is 0 Å². The molecule has 0 bridgehead atoms. The number of aromatic amines is 1. The van der Waals surface area contributed by atoms with Crippen molar-refractivity contribution < 1.29 is 14.0 Å². The number of imidazole rings is 1. The van der Waals surface area contributed by atoms with E-state index < -0.39 is 17.6 Å². The van der Waals surface area contributed by atoms with Gasteiger partial charge >= 0.3 is 0 Å². The number of para-hydroxylation sites is 1. The van der Waals surface area contributed by atoms with Gasteiger partial charge in [0.1, 0.15) is 11.3 Å². The van der Waals surface area contributed by atoms with Gasteiger partial charge in [0.2, 0.25) is 0 Å². The lowest BCUT2D eigenvalue weighted by Gasteiger charge is -2.05. The fourth-order valence-corrected chi connectivity index (χ4v) is 2.06. The van der Waals surface area contributed by atoms with Gasteiger partial charge in [-0.3, -0.25) is 9.59 Å². The number of hydrogen-bond acceptors (Lipinski definition) is 3. The molecule has 0 saturated heterocycles. The van der Waals surface area contributed by atoms with Gasteiger partial charge in [-0.25, -0.2) is 9.37 Å². The molecule has 1 heterocycles. The highest BCUT2D eigenvalue weighted by molar-refractivity contribution is 6.12. The Balaban J connectivity index is 1.96. The van der Waals surface area contributed by atoms with Gasteiger partial charge in [-0.2, -0.15) is 0 Å². The number of aromatic nitrogens is 2. The first-order valence-electron chi connectivity index (χ1n) is 6.40. The molecule has 0 aliphatic carbocycles. The summed E-state index contributed by atoms with van der Waals surface area (Å²) < 4.78 is 12.9. The third-order valence-electron chi connectivity index (χ3n) is 3.09. The van der Waals surface area contributed by atoms with Crippen LogP contribution in [0.2, 0.25) is 0 Å². The number of halogens is 1. The number of fused-ring (bicyclic) bond motifs is 1. The number of nitrogens with zero attached hydrogens (tertiary/aromatic N) is 1. The monoisotopic (exact) mass is 298 g/mol. The molecule has 0 radical (unpaired) electrons. The first-order valence-corrected chi connectivity index (χ1v) is 6.40. The largest absolute Gasteiger partial charge is 0.363 e. The van der Waals surface area contributed by atoms with Crippen molar-refractivity contribution in [2.75, 3.05) is 5.32 Å². The number of carbonyl (C=O) groups excluding carboxylic acids is 2. The van der Waals surface area contributed by atoms with E-state index in [1.807, 2.05) is 0 Å². The minimum atomic E-state index is -0.707. The lowest BCUT2D eigenvalue weighted by Crippen LogP contribution is -2.13. The second-order valence-electron chi connectivity index (χ2n) is 4.61. The van der Waals surface area contributed by atoms with Crippen LogP contribution in [0.5, 0.6) is 0 Å². The molecule has 0 aliphatic heterocycles. The molecule has 2 aromatic carbocycles. The standard InChI is InChI=1S/C15H11FN4O2/c16-8-4-6-9(7-5-8)18-15(22)10-2-1-3-11-12(10)20-14(19-11)13(17)21/h1-7H,(H2,17,21)(H,18,22)(H,19,20). The summed E-state index contributed by atoms with van der Waals surface area (Å²) >= 11 is 0. The Bertz CT molecular complexity index is 871. The van der Waals surface area contributed by atoms with Crippen molar-refractivity contribution in [2.45, 2.75) is 0 Å². The Morgan fingerprint density at radius 3 is 2.55 bits per heavy atom. The van der Waals surface area contributed by atoms with E-state index in [0.29, 0.717) is 16.7 Å². The Kier molecular flexibility index (Phi) is 3.30. The number of nitrogens with two attached hydrogens (primary N) is 1. The molecule has 6 nitrogen and oxygen atoms in total. The van der Waals surface area contributed by atoms with E-state index in [4.69, 9.17) is 5.73 Å². The van der Waals surface area contributed by atoms with Gasteiger partial charge in [-0.05, 0) is 36.4 Å². The second-order valence-corrected chi connectivity index (χ2v) is 4.61. The summed E-state index contributed by atoms with van der Waals surface area (Å²) in [6.07, 6.45) is 0. The number of carbonyl (C=O) groups is 2. The zero-order chi connectivity index (χ0) is 15.7. The molecule has 0 atom stereocenters. The van der Waals surface area contributed by atoms with Crippen LogP contribution >= 0.6 is 0 Å². The number of amides is 2. The first kappa shape index (κ1) is 13.7. The van der Waals surface area contributed by atoms with Crippen LogP contribution in [0.1, 0.15) is 21.0 Å². The Hall–Kier alpha value is -3.22. The van der Waals surface area contributed by atoms with Crippen molar-refractivity contribution in [1.82, 2.24) is 9.97 Å². The highest BCUT2D eigenvalue weighted by atomic mass is 19.1. The maximum Gasteiger partial charge on any atom is 0.284 e. The zero-order valence-electron chi connectivity index (χ0n) is 11.3. The molecule has 2 amide bonds. The summed E-state index contributed by atoms with van der Waals surface area (Å²) in [5.74, 6) is -1.53. The Morgan fingerprint density at radius 1 is 1.14 bits per heavy atom. The van der Waals surface area contributed by atoms with Crippen molar-refractivity contribution in [1.29, 1.82) is 0 Å². The number of rotatable bonds is 3. The number of anilines is 1. The maximum atomic E-state index is 12.9. The summed E-state index contributed by atoms with van der Waals surface area (Å²) in [7, 11) is 0. The van der Waals surface area contributed by atoms with Gasteiger partial charge in [0.25, 0.3) is 11.8 Å². The number of benzene rings is 2. The molecule has 3 rings (SSSR count). The zero-order valence-corrected chi connectivity index (χ0v) is 11.3. The second kappa shape index (κ2) is 5.28. The smallest absolute Gasteiger partial charge is 0.284 e. The van der Waals surface area contributed by atoms with Gasteiger partial charge < -0.3 is 16.0 Å². The topological polar surface area (TPSA) is 101 Å². The van der Waals surface area contributed by atoms with Crippen molar-refractivity contribution >= 4 is 28.5 Å². The molecule has 7 heteroatoms. The predicted octanol–water partition coefficient (Wildman–Crippen LogP) is 2.05. The average Bonchev–Trinajstić information content (AvgIpc) is 2.93. The van der Waals surface area contributed by atoms with E-state index in [2.05, 4.69) is 15.3 Å². The normalized spacial score (nSPS) is 10.6. The molecule has 1 aromatic heterocycles. The molecule has 110 valence electrons. The van der Waals surface area contributed by atoms with E-state index in [1.165, 1.54) is 24.3 Å². The fourth-order valence-electron chi connectivity index (χ4n) is 2.06. The van der Waals surface area contributed by atoms with E-state index in [1.54, 1.807) is 18.2 Å². The lowest BCUT2D eigenvalue weighted by atomic mass is 10.1. The molecule has 22 heavy (non-hydrogen) atoms. The number of nitrogens with one attached hydrogen (secondary N) is 2. The van der Waals surface area contributed by atoms with Crippen LogP contribution in [0, 0.1) is 5.82 Å². The van der Waals surface area contributed by atoms with Crippen molar-refractivity contribution in [2.24, 2.45) is 5.73 Å². The molecule has 0 spiro atoms. The Morgan fingerprint density at radius 2 is 1.86 bits per heavy atom. The third kappa shape index (κ3) is 2.51. The van der Waals surface area contributed by atoms with Crippen LogP contribution in [0.3, 0.4) is 0 Å². The van der Waals surface area contributed by atoms with Crippen LogP contribution in [-0.4, -0.2) is 21.8 Å². The van der Waals surface area contributed by atoms with Crippen molar-refractivity contribution in [3.05, 3.63) is 59.7 Å². The van der Waals surface area contributed by atoms with Crippen LogP contribution < -0.4 is 11.1 Å². The van der Waals surface area contributed by atoms with Crippen LogP contribution in [0.25, 0.3) is 11.0 Å². The molecule has 0 fully saturated rings. The van der Waals surface area contributed by atoms with Crippen LogP contribution in [0.15, 0.2) is 42.5 Å². The average molecular weight is 298 g/mol. The Labute approximate surface area is 124 Å². The van der Waals surface area contributed by atoms with E-state index in [0.717, 1.165) is 0 Å². The minimum absolute atomic E-state index is 0.0166. The molecule has 3 aromatic rings. The van der Waals surface area contributed by atoms with Crippen molar-refractivity contribution in [3.8, 4) is 0 Å². The molecular formula is C15H11FN4O2. The van der Waals surface area contributed by atoms with Crippen LogP contribution in [0.4, 0.5) is 10.1 Å². The van der Waals surface area contributed by atoms with Crippen molar-refractivity contribution in [3.63, 3.8) is 0 Å². The van der Waals surface area contributed by atoms with E-state index in [9.17, 15) is 14.0 Å².